The first-order chi connectivity index (χ1) is 9.52. The van der Waals surface area contributed by atoms with Crippen LogP contribution in [-0.2, 0) is 11.3 Å². The second-order valence-electron chi connectivity index (χ2n) is 4.83. The summed E-state index contributed by atoms with van der Waals surface area (Å²) >= 11 is 5.97. The van der Waals surface area contributed by atoms with Gasteiger partial charge in [-0.05, 0) is 31.0 Å². The number of methoxy groups -OCH3 is 1. The molecule has 0 saturated carbocycles. The van der Waals surface area contributed by atoms with Crippen LogP contribution >= 0.6 is 11.6 Å². The van der Waals surface area contributed by atoms with E-state index in [0.29, 0.717) is 23.9 Å². The molecule has 0 aliphatic heterocycles. The van der Waals surface area contributed by atoms with Crippen LogP contribution in [0.2, 0.25) is 5.02 Å². The van der Waals surface area contributed by atoms with E-state index in [-0.39, 0.29) is 5.91 Å². The maximum atomic E-state index is 12.4. The van der Waals surface area contributed by atoms with E-state index in [9.17, 15) is 4.79 Å². The van der Waals surface area contributed by atoms with Gasteiger partial charge in [0.05, 0.1) is 12.5 Å². The highest BCUT2D eigenvalue weighted by Gasteiger charge is 2.33. The van der Waals surface area contributed by atoms with Gasteiger partial charge in [-0.3, -0.25) is 4.79 Å². The van der Waals surface area contributed by atoms with Crippen LogP contribution in [0.4, 0.5) is 0 Å². The van der Waals surface area contributed by atoms with Gasteiger partial charge < -0.3 is 15.8 Å². The van der Waals surface area contributed by atoms with Crippen LogP contribution in [-0.4, -0.2) is 19.6 Å². The Morgan fingerprint density at radius 1 is 1.40 bits per heavy atom. The normalized spacial score (nSPS) is 11.2. The smallest absolute Gasteiger partial charge is 0.227 e. The molecule has 0 aliphatic carbocycles. The van der Waals surface area contributed by atoms with Crippen molar-refractivity contribution in [3.05, 3.63) is 28.8 Å². The molecule has 1 amide bonds. The molecule has 0 bridgehead atoms. The fraction of sp³-hybridized carbons (Fsp3) is 0.533. The number of amides is 1. The number of carbonyl (C=O) groups excluding carboxylic acids is 1. The first kappa shape index (κ1) is 16.8. The van der Waals surface area contributed by atoms with Gasteiger partial charge in [0.2, 0.25) is 5.91 Å². The molecule has 1 aromatic carbocycles. The summed E-state index contributed by atoms with van der Waals surface area (Å²) in [5.74, 6) is 0.688. The summed E-state index contributed by atoms with van der Waals surface area (Å²) in [6.07, 6.45) is 1.44. The Labute approximate surface area is 125 Å². The van der Waals surface area contributed by atoms with Gasteiger partial charge in [-0.1, -0.05) is 25.4 Å². The van der Waals surface area contributed by atoms with Crippen LogP contribution in [0.1, 0.15) is 32.3 Å². The minimum Gasteiger partial charge on any atom is -0.496 e. The fourth-order valence-corrected chi connectivity index (χ4v) is 2.40. The van der Waals surface area contributed by atoms with E-state index in [0.717, 1.165) is 18.4 Å². The molecule has 5 heteroatoms. The number of ether oxygens (including phenoxy) is 1. The highest BCUT2D eigenvalue weighted by Crippen LogP contribution is 2.26. The third-order valence-corrected chi connectivity index (χ3v) is 4.14. The van der Waals surface area contributed by atoms with Crippen LogP contribution in [0, 0.1) is 5.41 Å². The quantitative estimate of drug-likeness (QED) is 0.813. The van der Waals surface area contributed by atoms with Crippen LogP contribution in [0.3, 0.4) is 0 Å². The summed E-state index contributed by atoms with van der Waals surface area (Å²) in [6, 6.07) is 5.34. The third-order valence-electron chi connectivity index (χ3n) is 3.91. The van der Waals surface area contributed by atoms with Crippen molar-refractivity contribution in [1.29, 1.82) is 0 Å². The Bertz CT molecular complexity index is 451. The van der Waals surface area contributed by atoms with Gasteiger partial charge in [0.15, 0.2) is 0 Å². The molecule has 1 aromatic rings. The topological polar surface area (TPSA) is 64.4 Å². The Morgan fingerprint density at radius 3 is 2.55 bits per heavy atom. The van der Waals surface area contributed by atoms with E-state index in [1.807, 2.05) is 13.8 Å². The van der Waals surface area contributed by atoms with E-state index >= 15 is 0 Å². The zero-order valence-electron chi connectivity index (χ0n) is 12.3. The molecule has 0 atom stereocenters. The monoisotopic (exact) mass is 298 g/mol. The predicted octanol–water partition coefficient (Wildman–Crippen LogP) is 2.73. The van der Waals surface area contributed by atoms with Crippen molar-refractivity contribution in [3.8, 4) is 5.75 Å². The minimum atomic E-state index is -0.494. The highest BCUT2D eigenvalue weighted by atomic mass is 35.5. The lowest BCUT2D eigenvalue weighted by molar-refractivity contribution is -0.131. The predicted molar refractivity (Wildman–Crippen MR) is 81.9 cm³/mol. The summed E-state index contributed by atoms with van der Waals surface area (Å²) in [5, 5.41) is 3.55. The summed E-state index contributed by atoms with van der Waals surface area (Å²) in [7, 11) is 1.59. The number of hydrogen-bond donors (Lipinski definition) is 2. The van der Waals surface area contributed by atoms with Crippen LogP contribution in [0.15, 0.2) is 18.2 Å². The lowest BCUT2D eigenvalue weighted by atomic mass is 9.81. The molecule has 0 unspecified atom stereocenters. The number of benzene rings is 1. The Kier molecular flexibility index (Phi) is 6.30. The second-order valence-corrected chi connectivity index (χ2v) is 5.27. The molecule has 0 heterocycles. The molecule has 0 radical (unpaired) electrons. The van der Waals surface area contributed by atoms with Gasteiger partial charge in [0.25, 0.3) is 0 Å². The number of nitrogens with two attached hydrogens (primary N) is 1. The molecule has 4 nitrogen and oxygen atoms in total. The lowest BCUT2D eigenvalue weighted by Crippen LogP contribution is -2.45. The SMILES string of the molecule is CCC(CC)(CN)C(=O)NCc1cc(Cl)ccc1OC. The second kappa shape index (κ2) is 7.50. The summed E-state index contributed by atoms with van der Waals surface area (Å²) in [6.45, 7) is 4.69. The van der Waals surface area contributed by atoms with Crippen molar-refractivity contribution in [2.45, 2.75) is 33.2 Å². The van der Waals surface area contributed by atoms with Gasteiger partial charge >= 0.3 is 0 Å². The van der Waals surface area contributed by atoms with Gasteiger partial charge in [-0.15, -0.1) is 0 Å². The van der Waals surface area contributed by atoms with Crippen molar-refractivity contribution < 1.29 is 9.53 Å². The first-order valence-electron chi connectivity index (χ1n) is 6.83. The molecule has 20 heavy (non-hydrogen) atoms. The van der Waals surface area contributed by atoms with E-state index < -0.39 is 5.41 Å². The van der Waals surface area contributed by atoms with Crippen LogP contribution < -0.4 is 15.8 Å². The summed E-state index contributed by atoms with van der Waals surface area (Å²) in [4.78, 5) is 12.4. The maximum Gasteiger partial charge on any atom is 0.227 e. The molecule has 112 valence electrons. The number of hydrogen-bond acceptors (Lipinski definition) is 3. The Morgan fingerprint density at radius 2 is 2.05 bits per heavy atom. The van der Waals surface area contributed by atoms with Gasteiger partial charge in [-0.25, -0.2) is 0 Å². The Balaban J connectivity index is 2.81. The molecular weight excluding hydrogens is 276 g/mol. The van der Waals surface area contributed by atoms with Gasteiger partial charge in [0.1, 0.15) is 5.75 Å². The average Bonchev–Trinajstić information content (AvgIpc) is 2.47. The number of carbonyl (C=O) groups is 1. The molecule has 1 rings (SSSR count). The zero-order chi connectivity index (χ0) is 15.2. The van der Waals surface area contributed by atoms with Crippen molar-refractivity contribution in [1.82, 2.24) is 5.32 Å². The number of rotatable bonds is 7. The number of halogens is 1. The third kappa shape index (κ3) is 3.64. The molecule has 3 N–H and O–H groups in total. The number of nitrogens with one attached hydrogen (secondary N) is 1. The molecule has 0 saturated heterocycles. The maximum absolute atomic E-state index is 12.4. The highest BCUT2D eigenvalue weighted by molar-refractivity contribution is 6.30. The first-order valence-corrected chi connectivity index (χ1v) is 7.21. The van der Waals surface area contributed by atoms with Crippen LogP contribution in [0.25, 0.3) is 0 Å². The molecule has 0 aliphatic rings. The summed E-state index contributed by atoms with van der Waals surface area (Å²) in [5.41, 5.74) is 6.13. The summed E-state index contributed by atoms with van der Waals surface area (Å²) < 4.78 is 5.26. The minimum absolute atomic E-state index is 0.0213. The van der Waals surface area contributed by atoms with E-state index in [2.05, 4.69) is 5.32 Å². The van der Waals surface area contributed by atoms with Crippen molar-refractivity contribution in [2.24, 2.45) is 11.1 Å². The zero-order valence-corrected chi connectivity index (χ0v) is 13.1. The molecule has 0 spiro atoms. The van der Waals surface area contributed by atoms with Gasteiger partial charge in [-0.2, -0.15) is 0 Å². The average molecular weight is 299 g/mol. The van der Waals surface area contributed by atoms with Crippen molar-refractivity contribution >= 4 is 17.5 Å². The van der Waals surface area contributed by atoms with Crippen molar-refractivity contribution in [2.75, 3.05) is 13.7 Å². The molecular formula is C15H23ClN2O2. The van der Waals surface area contributed by atoms with Gasteiger partial charge in [0, 0.05) is 23.7 Å². The molecule has 0 aromatic heterocycles. The standard InChI is InChI=1S/C15H23ClN2O2/c1-4-15(5-2,10-17)14(19)18-9-11-8-12(16)6-7-13(11)20-3/h6-8H,4-5,9-10,17H2,1-3H3,(H,18,19). The van der Waals surface area contributed by atoms with Crippen LogP contribution in [0.5, 0.6) is 5.75 Å². The van der Waals surface area contributed by atoms with E-state index in [4.69, 9.17) is 22.1 Å². The van der Waals surface area contributed by atoms with E-state index in [1.54, 1.807) is 25.3 Å². The van der Waals surface area contributed by atoms with Crippen molar-refractivity contribution in [3.63, 3.8) is 0 Å². The largest absolute Gasteiger partial charge is 0.496 e. The Hall–Kier alpha value is -1.26. The lowest BCUT2D eigenvalue weighted by Gasteiger charge is -2.28. The fourth-order valence-electron chi connectivity index (χ4n) is 2.20. The van der Waals surface area contributed by atoms with E-state index in [1.165, 1.54) is 0 Å². The molecule has 0 fully saturated rings.